The van der Waals surface area contributed by atoms with Gasteiger partial charge in [-0.3, -0.25) is 0 Å². The van der Waals surface area contributed by atoms with Crippen molar-refractivity contribution in [3.8, 4) is 0 Å². The zero-order chi connectivity index (χ0) is 11.3. The van der Waals surface area contributed by atoms with Crippen LogP contribution in [-0.4, -0.2) is 10.8 Å². The van der Waals surface area contributed by atoms with E-state index in [4.69, 9.17) is 0 Å². The molecule has 1 heterocycles. The van der Waals surface area contributed by atoms with Crippen LogP contribution in [0.4, 0.5) is 14.5 Å². The summed E-state index contributed by atoms with van der Waals surface area (Å²) in [5.74, 6) is -4.18. The second-order valence-electron chi connectivity index (χ2n) is 4.16. The summed E-state index contributed by atoms with van der Waals surface area (Å²) in [6.45, 7) is 2.70. The molecule has 2 nitrogen and oxygen atoms in total. The van der Waals surface area contributed by atoms with Gasteiger partial charge in [0.05, 0.1) is 5.92 Å². The molecule has 0 fully saturated rings. The van der Waals surface area contributed by atoms with E-state index in [1.54, 1.807) is 18.2 Å². The van der Waals surface area contributed by atoms with Crippen molar-refractivity contribution in [2.24, 2.45) is 5.92 Å². The molecule has 0 saturated carbocycles. The molecule has 2 N–H and O–H groups in total. The summed E-state index contributed by atoms with van der Waals surface area (Å²) >= 11 is 0. The summed E-state index contributed by atoms with van der Waals surface area (Å²) in [4.78, 5) is 0. The molecular weight excluding hydrogens is 200 g/mol. The van der Waals surface area contributed by atoms with E-state index in [0.717, 1.165) is 0 Å². The topological polar surface area (TPSA) is 32.3 Å². The van der Waals surface area contributed by atoms with E-state index in [0.29, 0.717) is 5.69 Å². The van der Waals surface area contributed by atoms with E-state index in [1.165, 1.54) is 19.9 Å². The highest BCUT2D eigenvalue weighted by Gasteiger charge is 2.52. The molecule has 82 valence electrons. The van der Waals surface area contributed by atoms with Crippen LogP contribution in [-0.2, 0) is 5.92 Å². The Bertz CT molecular complexity index is 390. The first-order valence-electron chi connectivity index (χ1n) is 4.83. The Morgan fingerprint density at radius 2 is 1.93 bits per heavy atom. The van der Waals surface area contributed by atoms with Gasteiger partial charge in [0, 0.05) is 11.3 Å². The largest absolute Gasteiger partial charge is 0.371 e. The van der Waals surface area contributed by atoms with Crippen LogP contribution in [0.2, 0.25) is 0 Å². The van der Waals surface area contributed by atoms with Crippen LogP contribution in [0.5, 0.6) is 0 Å². The molecule has 4 heteroatoms. The maximum atomic E-state index is 13.9. The second kappa shape index (κ2) is 2.92. The number of aliphatic hydroxyl groups is 1. The van der Waals surface area contributed by atoms with Gasteiger partial charge in [-0.15, -0.1) is 0 Å². The standard InChI is InChI=1S/C11H13F2NO/c1-7-10(2,15)14-9-6-4-3-5-8(9)11(7,12)13/h3-7,14-15H,1-2H3. The third-order valence-corrected chi connectivity index (χ3v) is 3.06. The SMILES string of the molecule is CC1C(C)(O)Nc2ccccc2C1(F)F. The summed E-state index contributed by atoms with van der Waals surface area (Å²) in [6, 6.07) is 6.16. The molecule has 0 bridgehead atoms. The highest BCUT2D eigenvalue weighted by molar-refractivity contribution is 5.57. The van der Waals surface area contributed by atoms with Crippen LogP contribution >= 0.6 is 0 Å². The third kappa shape index (κ3) is 1.40. The lowest BCUT2D eigenvalue weighted by atomic mass is 9.83. The quantitative estimate of drug-likeness (QED) is 0.694. The maximum Gasteiger partial charge on any atom is 0.282 e. The number of rotatable bonds is 0. The average Bonchev–Trinajstić information content (AvgIpc) is 2.15. The Morgan fingerprint density at radius 1 is 1.33 bits per heavy atom. The lowest BCUT2D eigenvalue weighted by Crippen LogP contribution is -2.52. The third-order valence-electron chi connectivity index (χ3n) is 3.06. The van der Waals surface area contributed by atoms with Crippen LogP contribution in [0.15, 0.2) is 24.3 Å². The summed E-state index contributed by atoms with van der Waals surface area (Å²) in [7, 11) is 0. The van der Waals surface area contributed by atoms with E-state index < -0.39 is 17.6 Å². The highest BCUT2D eigenvalue weighted by Crippen LogP contribution is 2.48. The van der Waals surface area contributed by atoms with Crippen molar-refractivity contribution >= 4 is 5.69 Å². The average molecular weight is 213 g/mol. The van der Waals surface area contributed by atoms with Crippen molar-refractivity contribution in [1.82, 2.24) is 0 Å². The Balaban J connectivity index is 2.59. The molecule has 0 saturated heterocycles. The van der Waals surface area contributed by atoms with Crippen molar-refractivity contribution in [1.29, 1.82) is 0 Å². The van der Waals surface area contributed by atoms with Gasteiger partial charge >= 0.3 is 0 Å². The van der Waals surface area contributed by atoms with Gasteiger partial charge in [0.25, 0.3) is 5.92 Å². The van der Waals surface area contributed by atoms with Gasteiger partial charge in [0.2, 0.25) is 0 Å². The Kier molecular flexibility index (Phi) is 2.01. The molecule has 0 radical (unpaired) electrons. The number of hydrogen-bond donors (Lipinski definition) is 2. The van der Waals surface area contributed by atoms with Crippen LogP contribution < -0.4 is 5.32 Å². The molecule has 15 heavy (non-hydrogen) atoms. The zero-order valence-corrected chi connectivity index (χ0v) is 8.59. The molecule has 2 rings (SSSR count). The van der Waals surface area contributed by atoms with Crippen molar-refractivity contribution in [3.63, 3.8) is 0 Å². The van der Waals surface area contributed by atoms with E-state index in [9.17, 15) is 13.9 Å². The van der Waals surface area contributed by atoms with Crippen molar-refractivity contribution < 1.29 is 13.9 Å². The Labute approximate surface area is 86.9 Å². The molecule has 0 amide bonds. The van der Waals surface area contributed by atoms with Gasteiger partial charge in [-0.05, 0) is 13.0 Å². The molecule has 1 aliphatic rings. The number of benzene rings is 1. The summed E-state index contributed by atoms with van der Waals surface area (Å²) in [6.07, 6.45) is 0. The number of para-hydroxylation sites is 1. The lowest BCUT2D eigenvalue weighted by molar-refractivity contribution is -0.138. The van der Waals surface area contributed by atoms with Crippen molar-refractivity contribution in [2.45, 2.75) is 25.5 Å². The first-order chi connectivity index (χ1) is 6.86. The number of alkyl halides is 2. The smallest absolute Gasteiger partial charge is 0.282 e. The summed E-state index contributed by atoms with van der Waals surface area (Å²) < 4.78 is 27.8. The van der Waals surface area contributed by atoms with Gasteiger partial charge in [-0.1, -0.05) is 25.1 Å². The fraction of sp³-hybridized carbons (Fsp3) is 0.455. The number of nitrogens with one attached hydrogen (secondary N) is 1. The highest BCUT2D eigenvalue weighted by atomic mass is 19.3. The molecule has 0 aliphatic carbocycles. The van der Waals surface area contributed by atoms with Crippen LogP contribution in [0.25, 0.3) is 0 Å². The molecule has 1 aromatic rings. The second-order valence-corrected chi connectivity index (χ2v) is 4.16. The minimum absolute atomic E-state index is 0.0518. The monoisotopic (exact) mass is 213 g/mol. The molecule has 1 aromatic carbocycles. The summed E-state index contributed by atoms with van der Waals surface area (Å²) in [5, 5.41) is 12.6. The first kappa shape index (κ1) is 10.4. The van der Waals surface area contributed by atoms with Crippen LogP contribution in [0.3, 0.4) is 0 Å². The predicted octanol–water partition coefficient (Wildman–Crippen LogP) is 2.55. The fourth-order valence-electron chi connectivity index (χ4n) is 1.85. The van der Waals surface area contributed by atoms with Gasteiger partial charge in [0.1, 0.15) is 5.72 Å². The van der Waals surface area contributed by atoms with Gasteiger partial charge < -0.3 is 10.4 Å². The first-order valence-corrected chi connectivity index (χ1v) is 4.83. The lowest BCUT2D eigenvalue weighted by Gasteiger charge is -2.42. The molecule has 1 aliphatic heterocycles. The number of anilines is 1. The number of halogens is 2. The zero-order valence-electron chi connectivity index (χ0n) is 8.59. The van der Waals surface area contributed by atoms with Crippen LogP contribution in [0, 0.1) is 5.92 Å². The molecule has 2 unspecified atom stereocenters. The Hall–Kier alpha value is -1.16. The molecule has 2 atom stereocenters. The normalized spacial score (nSPS) is 33.0. The predicted molar refractivity (Wildman–Crippen MR) is 53.7 cm³/mol. The molecule has 0 spiro atoms. The van der Waals surface area contributed by atoms with Gasteiger partial charge in [-0.25, -0.2) is 8.78 Å². The molecule has 0 aromatic heterocycles. The van der Waals surface area contributed by atoms with Crippen LogP contribution in [0.1, 0.15) is 19.4 Å². The summed E-state index contributed by atoms with van der Waals surface area (Å²) in [5.41, 5.74) is -1.34. The van der Waals surface area contributed by atoms with Crippen molar-refractivity contribution in [2.75, 3.05) is 5.32 Å². The van der Waals surface area contributed by atoms with Gasteiger partial charge in [-0.2, -0.15) is 0 Å². The van der Waals surface area contributed by atoms with Gasteiger partial charge in [0.15, 0.2) is 0 Å². The van der Waals surface area contributed by atoms with E-state index in [2.05, 4.69) is 5.32 Å². The van der Waals surface area contributed by atoms with E-state index in [1.807, 2.05) is 0 Å². The Morgan fingerprint density at radius 3 is 2.60 bits per heavy atom. The minimum Gasteiger partial charge on any atom is -0.371 e. The maximum absolute atomic E-state index is 13.9. The minimum atomic E-state index is -3.01. The number of hydrogen-bond acceptors (Lipinski definition) is 2. The van der Waals surface area contributed by atoms with E-state index in [-0.39, 0.29) is 5.56 Å². The van der Waals surface area contributed by atoms with E-state index >= 15 is 0 Å². The van der Waals surface area contributed by atoms with Crippen molar-refractivity contribution in [3.05, 3.63) is 29.8 Å². The number of fused-ring (bicyclic) bond motifs is 1. The molecular formula is C11H13F2NO. The fourth-order valence-corrected chi connectivity index (χ4v) is 1.85.